The van der Waals surface area contributed by atoms with Crippen LogP contribution in [0.15, 0.2) is 97.5 Å². The molecule has 1 atom stereocenters. The minimum atomic E-state index is -0.312. The maximum absolute atomic E-state index is 13.1. The number of imidazole rings is 1. The largest absolute Gasteiger partial charge is 0.345 e. The molecule has 146 valence electrons. The van der Waals surface area contributed by atoms with Gasteiger partial charge in [-0.25, -0.2) is 9.67 Å². The molecular formula is C24H19N5O. The second kappa shape index (κ2) is 7.67. The Kier molecular flexibility index (Phi) is 4.57. The molecule has 5 aromatic rings. The number of fused-ring (bicyclic) bond motifs is 1. The maximum atomic E-state index is 13.1. The van der Waals surface area contributed by atoms with E-state index in [0.717, 1.165) is 27.8 Å². The molecule has 6 heteroatoms. The Morgan fingerprint density at radius 2 is 1.67 bits per heavy atom. The first-order valence-corrected chi connectivity index (χ1v) is 9.68. The van der Waals surface area contributed by atoms with E-state index in [4.69, 9.17) is 0 Å². The lowest BCUT2D eigenvalue weighted by Gasteiger charge is -2.19. The molecule has 0 spiro atoms. The molecule has 5 rings (SSSR count). The molecule has 3 aromatic carbocycles. The van der Waals surface area contributed by atoms with Crippen LogP contribution < -0.4 is 5.32 Å². The van der Waals surface area contributed by atoms with Crippen LogP contribution in [0, 0.1) is 0 Å². The molecule has 0 aliphatic heterocycles. The molecule has 0 saturated heterocycles. The molecule has 0 bridgehead atoms. The van der Waals surface area contributed by atoms with Gasteiger partial charge in [-0.3, -0.25) is 4.79 Å². The highest BCUT2D eigenvalue weighted by Gasteiger charge is 2.20. The van der Waals surface area contributed by atoms with Crippen molar-refractivity contribution in [1.82, 2.24) is 25.1 Å². The van der Waals surface area contributed by atoms with Crippen LogP contribution in [0.1, 0.15) is 27.7 Å². The Morgan fingerprint density at radius 3 is 2.47 bits per heavy atom. The van der Waals surface area contributed by atoms with Gasteiger partial charge in [0.05, 0.1) is 29.1 Å². The Bertz CT molecular complexity index is 1290. The summed E-state index contributed by atoms with van der Waals surface area (Å²) in [7, 11) is 0. The van der Waals surface area contributed by atoms with Crippen LogP contribution in [0.25, 0.3) is 16.7 Å². The average molecular weight is 393 g/mol. The summed E-state index contributed by atoms with van der Waals surface area (Å²) in [4.78, 5) is 20.5. The van der Waals surface area contributed by atoms with Crippen LogP contribution in [0.4, 0.5) is 0 Å². The molecule has 6 nitrogen and oxygen atoms in total. The molecule has 1 amide bonds. The highest BCUT2D eigenvalue weighted by Crippen LogP contribution is 2.25. The number of carbonyl (C=O) groups excluding carboxylic acids is 1. The van der Waals surface area contributed by atoms with Gasteiger partial charge in [0.1, 0.15) is 0 Å². The van der Waals surface area contributed by atoms with E-state index in [1.165, 1.54) is 0 Å². The van der Waals surface area contributed by atoms with Gasteiger partial charge in [-0.05, 0) is 41.5 Å². The minimum absolute atomic E-state index is 0.233. The quantitative estimate of drug-likeness (QED) is 0.468. The summed E-state index contributed by atoms with van der Waals surface area (Å²) in [6, 6.07) is 27.0. The number of para-hydroxylation sites is 1. The third-order valence-corrected chi connectivity index (χ3v) is 5.03. The van der Waals surface area contributed by atoms with Crippen molar-refractivity contribution >= 4 is 16.9 Å². The molecule has 2 heterocycles. The van der Waals surface area contributed by atoms with Crippen LogP contribution in [-0.2, 0) is 0 Å². The molecule has 0 aliphatic carbocycles. The fourth-order valence-corrected chi connectivity index (χ4v) is 3.51. The van der Waals surface area contributed by atoms with E-state index >= 15 is 0 Å². The van der Waals surface area contributed by atoms with Crippen LogP contribution in [0.5, 0.6) is 0 Å². The third-order valence-electron chi connectivity index (χ3n) is 5.03. The van der Waals surface area contributed by atoms with Gasteiger partial charge in [0.15, 0.2) is 5.69 Å². The van der Waals surface area contributed by atoms with Crippen molar-refractivity contribution in [2.75, 3.05) is 0 Å². The lowest BCUT2D eigenvalue weighted by atomic mass is 9.98. The van der Waals surface area contributed by atoms with Crippen LogP contribution >= 0.6 is 0 Å². The summed E-state index contributed by atoms with van der Waals surface area (Å²) in [6.45, 7) is 0. The fraction of sp³-hybridized carbons (Fsp3) is 0.0417. The zero-order valence-electron chi connectivity index (χ0n) is 16.1. The fourth-order valence-electron chi connectivity index (χ4n) is 3.51. The number of hydrogen-bond donors (Lipinski definition) is 2. The van der Waals surface area contributed by atoms with E-state index in [9.17, 15) is 4.79 Å². The predicted octanol–water partition coefficient (Wildman–Crippen LogP) is 4.27. The molecular weight excluding hydrogens is 374 g/mol. The van der Waals surface area contributed by atoms with E-state index in [-0.39, 0.29) is 11.9 Å². The monoisotopic (exact) mass is 393 g/mol. The number of hydrogen-bond acceptors (Lipinski definition) is 3. The Morgan fingerprint density at radius 1 is 0.900 bits per heavy atom. The van der Waals surface area contributed by atoms with Gasteiger partial charge in [0.25, 0.3) is 5.91 Å². The van der Waals surface area contributed by atoms with E-state index < -0.39 is 0 Å². The zero-order valence-corrected chi connectivity index (χ0v) is 16.1. The van der Waals surface area contributed by atoms with Gasteiger partial charge in [-0.1, -0.05) is 54.6 Å². The molecule has 2 aromatic heterocycles. The van der Waals surface area contributed by atoms with Crippen LogP contribution in [0.3, 0.4) is 0 Å². The summed E-state index contributed by atoms with van der Waals surface area (Å²) >= 11 is 0. The molecule has 1 unspecified atom stereocenters. The second-order valence-electron chi connectivity index (χ2n) is 6.98. The highest BCUT2D eigenvalue weighted by molar-refractivity contribution is 5.93. The van der Waals surface area contributed by atoms with Crippen molar-refractivity contribution < 1.29 is 4.79 Å². The van der Waals surface area contributed by atoms with Crippen molar-refractivity contribution in [1.29, 1.82) is 0 Å². The van der Waals surface area contributed by atoms with E-state index in [0.29, 0.717) is 5.69 Å². The maximum Gasteiger partial charge on any atom is 0.272 e. The summed E-state index contributed by atoms with van der Waals surface area (Å²) in [5.74, 6) is -0.233. The number of H-pyrrole nitrogens is 1. The highest BCUT2D eigenvalue weighted by atomic mass is 16.2. The summed E-state index contributed by atoms with van der Waals surface area (Å²) in [6.07, 6.45) is 3.46. The average Bonchev–Trinajstić information content (AvgIpc) is 3.48. The third kappa shape index (κ3) is 3.46. The number of aromatic amines is 1. The predicted molar refractivity (Wildman–Crippen MR) is 115 cm³/mol. The number of nitrogens with zero attached hydrogens (tertiary/aromatic N) is 3. The van der Waals surface area contributed by atoms with Crippen molar-refractivity contribution in [2.24, 2.45) is 0 Å². The van der Waals surface area contributed by atoms with Crippen molar-refractivity contribution in [3.05, 3.63) is 114 Å². The Labute approximate surface area is 173 Å². The summed E-state index contributed by atoms with van der Waals surface area (Å²) in [5.41, 5.74) is 5.04. The molecule has 0 radical (unpaired) electrons. The first-order valence-electron chi connectivity index (χ1n) is 9.68. The standard InChI is InChI=1S/C24H19N5O/c30-24(21-13-14-29(28-21)19-9-5-2-6-10-19)27-23(17-7-3-1-4-8-17)18-11-12-20-22(15-18)26-16-25-20/h1-16,23H,(H,25,26)(H,27,30). The Balaban J connectivity index is 1.46. The van der Waals surface area contributed by atoms with Gasteiger partial charge >= 0.3 is 0 Å². The second-order valence-corrected chi connectivity index (χ2v) is 6.98. The van der Waals surface area contributed by atoms with E-state index in [2.05, 4.69) is 20.4 Å². The van der Waals surface area contributed by atoms with E-state index in [1.807, 2.05) is 78.9 Å². The number of rotatable bonds is 5. The number of benzene rings is 3. The topological polar surface area (TPSA) is 75.6 Å². The minimum Gasteiger partial charge on any atom is -0.345 e. The summed E-state index contributed by atoms with van der Waals surface area (Å²) < 4.78 is 1.70. The van der Waals surface area contributed by atoms with Crippen molar-refractivity contribution in [3.63, 3.8) is 0 Å². The van der Waals surface area contributed by atoms with E-state index in [1.54, 1.807) is 23.3 Å². The number of amides is 1. The molecule has 2 N–H and O–H groups in total. The van der Waals surface area contributed by atoms with Crippen LogP contribution in [-0.4, -0.2) is 25.7 Å². The van der Waals surface area contributed by atoms with Gasteiger partial charge < -0.3 is 10.3 Å². The summed E-state index contributed by atoms with van der Waals surface area (Å²) in [5, 5.41) is 7.59. The molecule has 0 saturated carbocycles. The lowest BCUT2D eigenvalue weighted by Crippen LogP contribution is -2.29. The molecule has 0 aliphatic rings. The van der Waals surface area contributed by atoms with Crippen molar-refractivity contribution in [3.8, 4) is 5.69 Å². The zero-order chi connectivity index (χ0) is 20.3. The van der Waals surface area contributed by atoms with Gasteiger partial charge in [-0.15, -0.1) is 0 Å². The smallest absolute Gasteiger partial charge is 0.272 e. The van der Waals surface area contributed by atoms with Gasteiger partial charge in [0, 0.05) is 6.20 Å². The van der Waals surface area contributed by atoms with Crippen LogP contribution in [0.2, 0.25) is 0 Å². The lowest BCUT2D eigenvalue weighted by molar-refractivity contribution is 0.0937. The SMILES string of the molecule is O=C(NC(c1ccccc1)c1ccc2nc[nH]c2c1)c1ccn(-c2ccccc2)n1. The first-order chi connectivity index (χ1) is 14.8. The van der Waals surface area contributed by atoms with Gasteiger partial charge in [-0.2, -0.15) is 5.10 Å². The first kappa shape index (κ1) is 17.9. The number of nitrogens with one attached hydrogen (secondary N) is 2. The Hall–Kier alpha value is -4.19. The number of aromatic nitrogens is 4. The van der Waals surface area contributed by atoms with Gasteiger partial charge in [0.2, 0.25) is 0 Å². The van der Waals surface area contributed by atoms with Crippen molar-refractivity contribution in [2.45, 2.75) is 6.04 Å². The number of carbonyl (C=O) groups is 1. The molecule has 30 heavy (non-hydrogen) atoms. The molecule has 0 fully saturated rings. The normalized spacial score (nSPS) is 12.0.